The summed E-state index contributed by atoms with van der Waals surface area (Å²) >= 11 is 2.30. The van der Waals surface area contributed by atoms with Crippen molar-refractivity contribution in [3.8, 4) is 0 Å². The molecule has 1 aromatic heterocycles. The molecule has 188 valence electrons. The number of fused-ring (bicyclic) bond motifs is 1. The monoisotopic (exact) mass is 543 g/mol. The highest BCUT2D eigenvalue weighted by Gasteiger charge is 2.25. The third-order valence-electron chi connectivity index (χ3n) is 5.56. The predicted octanol–water partition coefficient (Wildman–Crippen LogP) is 6.40. The third-order valence-corrected chi connectivity index (χ3v) is 7.59. The van der Waals surface area contributed by atoms with Crippen molar-refractivity contribution in [2.75, 3.05) is 0 Å². The summed E-state index contributed by atoms with van der Waals surface area (Å²) < 4.78 is 0. The van der Waals surface area contributed by atoms with Crippen molar-refractivity contribution < 1.29 is 14.6 Å². The van der Waals surface area contributed by atoms with Crippen LogP contribution in [-0.4, -0.2) is 25.9 Å². The number of rotatable bonds is 6. The maximum Gasteiger partial charge on any atom is 0.283 e. The summed E-state index contributed by atoms with van der Waals surface area (Å²) in [4.78, 5) is 44.9. The molecule has 0 aliphatic carbocycles. The molecule has 1 aliphatic rings. The number of aromatic nitrogens is 1. The van der Waals surface area contributed by atoms with Crippen LogP contribution in [0.25, 0.3) is 17.0 Å². The molecule has 3 aromatic carbocycles. The summed E-state index contributed by atoms with van der Waals surface area (Å²) in [6, 6.07) is 18.7. The molecule has 0 spiro atoms. The molecule has 5 rings (SSSR count). The second-order valence-corrected chi connectivity index (χ2v) is 10.2. The Labute approximate surface area is 224 Å². The lowest BCUT2D eigenvalue weighted by molar-refractivity contribution is -0.387. The Morgan fingerprint density at radius 1 is 0.974 bits per heavy atom. The minimum absolute atomic E-state index is 0.0681. The highest BCUT2D eigenvalue weighted by Crippen LogP contribution is 2.39. The fourth-order valence-corrected chi connectivity index (χ4v) is 5.61. The van der Waals surface area contributed by atoms with E-state index in [9.17, 15) is 25.0 Å². The molecule has 10 nitrogen and oxygen atoms in total. The first-order chi connectivity index (χ1) is 18.3. The van der Waals surface area contributed by atoms with Gasteiger partial charge in [-0.05, 0) is 54.6 Å². The molecule has 1 aliphatic heterocycles. The molecule has 1 saturated heterocycles. The number of carbonyl (C=O) groups excluding carboxylic acids is 1. The van der Waals surface area contributed by atoms with Gasteiger partial charge in [0.2, 0.25) is 0 Å². The number of para-hydroxylation sites is 1. The van der Waals surface area contributed by atoms with E-state index < -0.39 is 15.8 Å². The second kappa shape index (κ2) is 10.4. The minimum Gasteiger partial charge on any atom is -0.300 e. The van der Waals surface area contributed by atoms with Crippen LogP contribution in [0.4, 0.5) is 17.1 Å². The number of aryl methyl sites for hydroxylation is 1. The van der Waals surface area contributed by atoms with Gasteiger partial charge in [-0.3, -0.25) is 30.0 Å². The topological polar surface area (TPSA) is 141 Å². The Bertz CT molecular complexity index is 1700. The zero-order valence-electron chi connectivity index (χ0n) is 19.7. The molecule has 38 heavy (non-hydrogen) atoms. The van der Waals surface area contributed by atoms with E-state index >= 15 is 0 Å². The minimum atomic E-state index is -0.490. The number of hydrogen-bond donors (Lipinski definition) is 1. The first-order valence-electron chi connectivity index (χ1n) is 11.1. The fourth-order valence-electron chi connectivity index (χ4n) is 3.74. The molecule has 0 saturated carbocycles. The molecule has 0 atom stereocenters. The Morgan fingerprint density at radius 3 is 2.55 bits per heavy atom. The van der Waals surface area contributed by atoms with Crippen LogP contribution in [0.3, 0.4) is 0 Å². The van der Waals surface area contributed by atoms with Crippen molar-refractivity contribution in [3.63, 3.8) is 0 Å². The smallest absolute Gasteiger partial charge is 0.283 e. The van der Waals surface area contributed by atoms with E-state index in [2.05, 4.69) is 15.3 Å². The molecule has 2 heterocycles. The van der Waals surface area contributed by atoms with Crippen LogP contribution in [0.2, 0.25) is 0 Å². The highest BCUT2D eigenvalue weighted by molar-refractivity contribution is 8.18. The van der Waals surface area contributed by atoms with Gasteiger partial charge in [0.15, 0.2) is 5.17 Å². The number of aliphatic imine (C=N–C) groups is 1. The van der Waals surface area contributed by atoms with Crippen LogP contribution in [0.1, 0.15) is 11.1 Å². The lowest BCUT2D eigenvalue weighted by atomic mass is 10.2. The van der Waals surface area contributed by atoms with Crippen molar-refractivity contribution >= 4 is 68.6 Å². The van der Waals surface area contributed by atoms with E-state index in [1.54, 1.807) is 43.5 Å². The van der Waals surface area contributed by atoms with Crippen molar-refractivity contribution in [2.45, 2.75) is 16.7 Å². The number of carbonyl (C=O) groups is 1. The Hall–Kier alpha value is -4.55. The number of thioether (sulfide) groups is 1. The summed E-state index contributed by atoms with van der Waals surface area (Å²) in [6.45, 7) is 1.63. The van der Waals surface area contributed by atoms with Gasteiger partial charge in [0, 0.05) is 34.2 Å². The number of amidine groups is 1. The van der Waals surface area contributed by atoms with Gasteiger partial charge in [0.05, 0.1) is 30.9 Å². The van der Waals surface area contributed by atoms with E-state index in [1.165, 1.54) is 23.9 Å². The van der Waals surface area contributed by atoms with Crippen molar-refractivity contribution in [2.24, 2.45) is 4.99 Å². The average Bonchev–Trinajstić information content (AvgIpc) is 3.24. The van der Waals surface area contributed by atoms with Crippen LogP contribution in [0.5, 0.6) is 0 Å². The maximum absolute atomic E-state index is 12.5. The van der Waals surface area contributed by atoms with Gasteiger partial charge in [-0.15, -0.1) is 0 Å². The summed E-state index contributed by atoms with van der Waals surface area (Å²) in [7, 11) is 0. The lowest BCUT2D eigenvalue weighted by Crippen LogP contribution is -2.19. The van der Waals surface area contributed by atoms with E-state index in [0.717, 1.165) is 27.6 Å². The first-order valence-corrected chi connectivity index (χ1v) is 12.8. The summed E-state index contributed by atoms with van der Waals surface area (Å²) in [5, 5.41) is 26.9. The molecule has 0 radical (unpaired) electrons. The van der Waals surface area contributed by atoms with Crippen LogP contribution in [0, 0.1) is 27.2 Å². The summed E-state index contributed by atoms with van der Waals surface area (Å²) in [5.74, 6) is -0.418. The van der Waals surface area contributed by atoms with E-state index in [1.807, 2.05) is 30.3 Å². The average molecular weight is 544 g/mol. The number of hydrogen-bond acceptors (Lipinski definition) is 9. The quantitative estimate of drug-likeness (QED) is 0.167. The molecule has 1 N–H and O–H groups in total. The number of nitro groups is 2. The van der Waals surface area contributed by atoms with Crippen LogP contribution in [-0.2, 0) is 4.79 Å². The predicted molar refractivity (Wildman–Crippen MR) is 148 cm³/mol. The first kappa shape index (κ1) is 25.1. The molecular formula is C26H17N5O5S2. The number of amides is 1. The molecule has 0 bridgehead atoms. The molecule has 12 heteroatoms. The van der Waals surface area contributed by atoms with Crippen molar-refractivity contribution in [1.82, 2.24) is 10.3 Å². The third kappa shape index (κ3) is 5.26. The number of nitro benzene ring substituents is 2. The lowest BCUT2D eigenvalue weighted by Gasteiger charge is -2.07. The van der Waals surface area contributed by atoms with Crippen molar-refractivity contribution in [1.29, 1.82) is 0 Å². The Balaban J connectivity index is 1.41. The van der Waals surface area contributed by atoms with Gasteiger partial charge in [0.25, 0.3) is 17.3 Å². The van der Waals surface area contributed by atoms with Crippen molar-refractivity contribution in [3.05, 3.63) is 109 Å². The van der Waals surface area contributed by atoms with Gasteiger partial charge in [-0.25, -0.2) is 4.99 Å². The van der Waals surface area contributed by atoms with E-state index in [-0.39, 0.29) is 16.5 Å². The number of nitrogens with one attached hydrogen (secondary N) is 1. The summed E-state index contributed by atoms with van der Waals surface area (Å²) in [5.41, 5.74) is 1.89. The fraction of sp³-hybridized carbons (Fsp3) is 0.0385. The zero-order chi connectivity index (χ0) is 26.8. The van der Waals surface area contributed by atoms with Crippen LogP contribution < -0.4 is 5.32 Å². The molecular weight excluding hydrogens is 526 g/mol. The maximum atomic E-state index is 12.5. The van der Waals surface area contributed by atoms with Gasteiger partial charge in [-0.2, -0.15) is 0 Å². The molecule has 4 aromatic rings. The standard InChI is InChI=1S/C26H17N5O5S2/c1-15-7-9-18(14-19(15)30(33)34)28-26-29-25(32)23(38-26)13-16-8-10-21(20(12-16)31(35)36)37-22-6-2-4-17-5-3-11-27-24(17)22/h2-14H,1H3,(H,28,29,32)/b23-13-. The Kier molecular flexibility index (Phi) is 6.90. The number of pyridine rings is 1. The molecule has 0 unspecified atom stereocenters. The highest BCUT2D eigenvalue weighted by atomic mass is 32.2. The zero-order valence-corrected chi connectivity index (χ0v) is 21.3. The second-order valence-electron chi connectivity index (χ2n) is 8.13. The summed E-state index contributed by atoms with van der Waals surface area (Å²) in [6.07, 6.45) is 3.22. The van der Waals surface area contributed by atoms with Gasteiger partial charge in [-0.1, -0.05) is 42.1 Å². The van der Waals surface area contributed by atoms with Gasteiger partial charge in [0.1, 0.15) is 0 Å². The largest absolute Gasteiger partial charge is 0.300 e. The van der Waals surface area contributed by atoms with E-state index in [0.29, 0.717) is 26.6 Å². The van der Waals surface area contributed by atoms with Gasteiger partial charge < -0.3 is 5.32 Å². The van der Waals surface area contributed by atoms with Crippen LogP contribution >= 0.6 is 23.5 Å². The molecule has 1 fully saturated rings. The van der Waals surface area contributed by atoms with E-state index in [4.69, 9.17) is 0 Å². The van der Waals surface area contributed by atoms with Crippen LogP contribution in [0.15, 0.2) is 92.6 Å². The van der Waals surface area contributed by atoms with Gasteiger partial charge >= 0.3 is 0 Å². The number of nitrogens with zero attached hydrogens (tertiary/aromatic N) is 4. The SMILES string of the molecule is Cc1ccc(N=C2NC(=O)/C(=C/c3ccc(Sc4cccc5cccnc45)c([N+](=O)[O-])c3)S2)cc1[N+](=O)[O-]. The number of benzene rings is 3. The molecule has 1 amide bonds. The normalized spacial score (nSPS) is 15.2. The Morgan fingerprint density at radius 2 is 1.76 bits per heavy atom.